The molecule has 0 aromatic heterocycles. The van der Waals surface area contributed by atoms with E-state index in [-0.39, 0.29) is 18.4 Å². The third kappa shape index (κ3) is 5.66. The van der Waals surface area contributed by atoms with Crippen LogP contribution in [0.5, 0.6) is 5.75 Å². The average Bonchev–Trinajstić information content (AvgIpc) is 3.13. The fraction of sp³-hybridized carbons (Fsp3) is 0.348. The normalized spacial score (nSPS) is 14.3. The molecule has 0 fully saturated rings. The number of carboxylic acids is 1. The molecule has 0 saturated carbocycles. The van der Waals surface area contributed by atoms with Gasteiger partial charge in [0.15, 0.2) is 0 Å². The highest BCUT2D eigenvalue weighted by Gasteiger charge is 2.28. The summed E-state index contributed by atoms with van der Waals surface area (Å²) < 4.78 is 35.0. The Morgan fingerprint density at radius 3 is 2.55 bits per heavy atom. The Labute approximate surface area is 177 Å². The van der Waals surface area contributed by atoms with E-state index in [0.29, 0.717) is 17.9 Å². The minimum Gasteiger partial charge on any atom is -0.489 e. The average molecular weight is 465 g/mol. The van der Waals surface area contributed by atoms with Gasteiger partial charge in [0.1, 0.15) is 12.4 Å². The number of carbonyl (C=O) groups is 1. The van der Waals surface area contributed by atoms with Gasteiger partial charge in [-0.15, -0.1) is 0 Å². The van der Waals surface area contributed by atoms with Crippen molar-refractivity contribution in [1.29, 1.82) is 0 Å². The number of hydrogen-bond donors (Lipinski definition) is 1. The molecule has 1 N–H and O–H groups in total. The van der Waals surface area contributed by atoms with Crippen LogP contribution in [0.15, 0.2) is 52.5 Å². The summed E-state index contributed by atoms with van der Waals surface area (Å²) >= 11 is 3.44. The van der Waals surface area contributed by atoms with Crippen LogP contribution in [-0.2, 0) is 17.1 Å². The van der Waals surface area contributed by atoms with Crippen LogP contribution in [-0.4, -0.2) is 17.7 Å². The number of allylic oxidation sites excluding steroid dienone is 1. The van der Waals surface area contributed by atoms with Crippen molar-refractivity contribution in [2.24, 2.45) is 0 Å². The molecule has 154 valence electrons. The molecule has 2 aromatic rings. The van der Waals surface area contributed by atoms with Crippen molar-refractivity contribution in [3.05, 3.63) is 69.2 Å². The zero-order valence-corrected chi connectivity index (χ0v) is 17.8. The maximum Gasteiger partial charge on any atom is 0.303 e. The van der Waals surface area contributed by atoms with Crippen LogP contribution in [0, 0.1) is 0 Å². The Balaban J connectivity index is 1.78. The van der Waals surface area contributed by atoms with Crippen molar-refractivity contribution in [3.8, 4) is 5.75 Å². The lowest BCUT2D eigenvalue weighted by atomic mass is 9.98. The first-order valence-electron chi connectivity index (χ1n) is 9.56. The Bertz CT molecular complexity index is 915. The molecule has 0 bridgehead atoms. The van der Waals surface area contributed by atoms with Crippen molar-refractivity contribution in [1.82, 2.24) is 0 Å². The summed E-state index contributed by atoms with van der Waals surface area (Å²) in [5.74, 6) is -3.71. The molecular formula is C23H23BrF2O3. The van der Waals surface area contributed by atoms with E-state index in [1.54, 1.807) is 12.1 Å². The summed E-state index contributed by atoms with van der Waals surface area (Å²) in [5.41, 5.74) is 3.77. The molecule has 1 aliphatic rings. The Hall–Kier alpha value is -2.21. The summed E-state index contributed by atoms with van der Waals surface area (Å²) in [4.78, 5) is 10.8. The second kappa shape index (κ2) is 9.08. The number of carboxylic acid groups (broad SMARTS) is 1. The summed E-state index contributed by atoms with van der Waals surface area (Å²) in [6.07, 6.45) is 2.84. The molecule has 0 heterocycles. The molecule has 0 amide bonds. The second-order valence-corrected chi connectivity index (χ2v) is 8.25. The van der Waals surface area contributed by atoms with Crippen LogP contribution in [0.25, 0.3) is 5.57 Å². The maximum atomic E-state index is 14.1. The summed E-state index contributed by atoms with van der Waals surface area (Å²) in [6.45, 7) is 1.18. The third-order valence-electron chi connectivity index (χ3n) is 5.10. The highest BCUT2D eigenvalue weighted by atomic mass is 79.9. The number of rotatable bonds is 8. The Morgan fingerprint density at radius 1 is 1.17 bits per heavy atom. The Morgan fingerprint density at radius 2 is 1.90 bits per heavy atom. The van der Waals surface area contributed by atoms with Crippen molar-refractivity contribution in [3.63, 3.8) is 0 Å². The first kappa shape index (κ1) is 21.5. The van der Waals surface area contributed by atoms with Crippen LogP contribution in [0.2, 0.25) is 0 Å². The van der Waals surface area contributed by atoms with E-state index in [2.05, 4.69) is 28.1 Å². The number of ether oxygens (including phenoxy) is 1. The molecule has 6 heteroatoms. The minimum absolute atomic E-state index is 0.0627. The maximum absolute atomic E-state index is 14.1. The number of halogens is 3. The SMILES string of the molecule is CC(F)(F)c1cc(OCC2=C(c3ccc(Br)cc3)CCC2)ccc1CCC(=O)O. The van der Waals surface area contributed by atoms with Gasteiger partial charge in [0, 0.05) is 23.4 Å². The Kier molecular flexibility index (Phi) is 6.73. The monoisotopic (exact) mass is 464 g/mol. The predicted molar refractivity (Wildman–Crippen MR) is 112 cm³/mol. The van der Waals surface area contributed by atoms with Gasteiger partial charge in [0.05, 0.1) is 0 Å². The topological polar surface area (TPSA) is 46.5 Å². The third-order valence-corrected chi connectivity index (χ3v) is 5.63. The molecule has 0 unspecified atom stereocenters. The van der Waals surface area contributed by atoms with E-state index in [1.165, 1.54) is 17.2 Å². The zero-order valence-electron chi connectivity index (χ0n) is 16.2. The van der Waals surface area contributed by atoms with Crippen molar-refractivity contribution in [2.45, 2.75) is 45.0 Å². The first-order chi connectivity index (χ1) is 13.7. The fourth-order valence-electron chi connectivity index (χ4n) is 3.65. The molecule has 3 nitrogen and oxygen atoms in total. The van der Waals surface area contributed by atoms with E-state index < -0.39 is 11.9 Å². The predicted octanol–water partition coefficient (Wildman–Crippen LogP) is 6.59. The molecule has 0 saturated heterocycles. The summed E-state index contributed by atoms with van der Waals surface area (Å²) in [6, 6.07) is 12.7. The summed E-state index contributed by atoms with van der Waals surface area (Å²) in [7, 11) is 0. The lowest BCUT2D eigenvalue weighted by molar-refractivity contribution is -0.137. The van der Waals surface area contributed by atoms with Crippen LogP contribution in [0.4, 0.5) is 8.78 Å². The van der Waals surface area contributed by atoms with Gasteiger partial charge < -0.3 is 9.84 Å². The van der Waals surface area contributed by atoms with Gasteiger partial charge in [0.2, 0.25) is 0 Å². The summed E-state index contributed by atoms with van der Waals surface area (Å²) in [5, 5.41) is 8.84. The van der Waals surface area contributed by atoms with Crippen LogP contribution < -0.4 is 4.74 Å². The highest BCUT2D eigenvalue weighted by Crippen LogP contribution is 2.36. The molecule has 0 spiro atoms. The number of alkyl halides is 2. The molecule has 0 aliphatic heterocycles. The highest BCUT2D eigenvalue weighted by molar-refractivity contribution is 9.10. The van der Waals surface area contributed by atoms with Gasteiger partial charge in [-0.25, -0.2) is 8.78 Å². The smallest absolute Gasteiger partial charge is 0.303 e. The van der Waals surface area contributed by atoms with E-state index in [1.807, 2.05) is 12.1 Å². The van der Waals surface area contributed by atoms with Crippen molar-refractivity contribution >= 4 is 27.5 Å². The van der Waals surface area contributed by atoms with Crippen LogP contribution >= 0.6 is 15.9 Å². The van der Waals surface area contributed by atoms with Gasteiger partial charge in [-0.2, -0.15) is 0 Å². The van der Waals surface area contributed by atoms with E-state index in [4.69, 9.17) is 9.84 Å². The molecule has 29 heavy (non-hydrogen) atoms. The first-order valence-corrected chi connectivity index (χ1v) is 10.4. The van der Waals surface area contributed by atoms with Crippen molar-refractivity contribution < 1.29 is 23.4 Å². The van der Waals surface area contributed by atoms with Gasteiger partial charge in [-0.05, 0) is 72.2 Å². The van der Waals surface area contributed by atoms with Gasteiger partial charge >= 0.3 is 5.97 Å². The quantitative estimate of drug-likeness (QED) is 0.478. The van der Waals surface area contributed by atoms with Gasteiger partial charge in [-0.1, -0.05) is 34.1 Å². The van der Waals surface area contributed by atoms with Crippen LogP contribution in [0.3, 0.4) is 0 Å². The van der Waals surface area contributed by atoms with Gasteiger partial charge in [0.25, 0.3) is 5.92 Å². The molecule has 0 radical (unpaired) electrons. The molecule has 0 atom stereocenters. The van der Waals surface area contributed by atoms with Gasteiger partial charge in [-0.3, -0.25) is 4.79 Å². The largest absolute Gasteiger partial charge is 0.489 e. The minimum atomic E-state index is -3.07. The number of benzene rings is 2. The molecule has 3 rings (SSSR count). The molecule has 1 aliphatic carbocycles. The van der Waals surface area contributed by atoms with E-state index >= 15 is 0 Å². The van der Waals surface area contributed by atoms with E-state index in [0.717, 1.165) is 36.2 Å². The number of aryl methyl sites for hydroxylation is 1. The zero-order chi connectivity index (χ0) is 21.0. The lowest BCUT2D eigenvalue weighted by Crippen LogP contribution is -2.12. The second-order valence-electron chi connectivity index (χ2n) is 7.33. The molecular weight excluding hydrogens is 442 g/mol. The standard InChI is InChI=1S/C23H23BrF2O3/c1-23(25,26)21-13-19(11-7-16(21)8-12-22(27)28)29-14-17-3-2-4-20(17)15-5-9-18(24)10-6-15/h5-7,9-11,13H,2-4,8,12,14H2,1H3,(H,27,28). The number of aliphatic carboxylic acids is 1. The number of hydrogen-bond acceptors (Lipinski definition) is 2. The van der Waals surface area contributed by atoms with Crippen molar-refractivity contribution in [2.75, 3.05) is 6.61 Å². The van der Waals surface area contributed by atoms with E-state index in [9.17, 15) is 13.6 Å². The molecule has 2 aromatic carbocycles. The fourth-order valence-corrected chi connectivity index (χ4v) is 3.91. The van der Waals surface area contributed by atoms with Crippen LogP contribution in [0.1, 0.15) is 49.3 Å². The lowest BCUT2D eigenvalue weighted by Gasteiger charge is -2.18.